The molecule has 1 saturated heterocycles. The summed E-state index contributed by atoms with van der Waals surface area (Å²) in [6.45, 7) is 8.48. The molecule has 10 heteroatoms. The van der Waals surface area contributed by atoms with Crippen LogP contribution in [0.5, 0.6) is 0 Å². The molecule has 0 radical (unpaired) electrons. The van der Waals surface area contributed by atoms with Crippen LogP contribution >= 0.6 is 0 Å². The maximum absolute atomic E-state index is 13.9. The van der Waals surface area contributed by atoms with Crippen LogP contribution in [-0.2, 0) is 14.8 Å². The monoisotopic (exact) mass is 576 g/mol. The number of fused-ring (bicyclic) bond motifs is 1. The first kappa shape index (κ1) is 29.9. The van der Waals surface area contributed by atoms with E-state index >= 15 is 0 Å². The van der Waals surface area contributed by atoms with Gasteiger partial charge in [0.1, 0.15) is 22.9 Å². The van der Waals surface area contributed by atoms with E-state index in [1.807, 2.05) is 45.9 Å². The van der Waals surface area contributed by atoms with Gasteiger partial charge in [0.15, 0.2) is 0 Å². The van der Waals surface area contributed by atoms with E-state index in [0.717, 1.165) is 27.9 Å². The average Bonchev–Trinajstić information content (AvgIpc) is 3.30. The summed E-state index contributed by atoms with van der Waals surface area (Å²) in [6, 6.07) is 15.4. The van der Waals surface area contributed by atoms with E-state index in [9.17, 15) is 23.3 Å². The lowest BCUT2D eigenvalue weighted by atomic mass is 9.89. The van der Waals surface area contributed by atoms with E-state index in [0.29, 0.717) is 24.0 Å². The zero-order chi connectivity index (χ0) is 30.1. The van der Waals surface area contributed by atoms with Gasteiger partial charge >= 0.3 is 6.09 Å². The van der Waals surface area contributed by atoms with Crippen molar-refractivity contribution >= 4 is 32.8 Å². The quantitative estimate of drug-likeness (QED) is 0.218. The van der Waals surface area contributed by atoms with Crippen LogP contribution in [0.25, 0.3) is 10.9 Å². The fourth-order valence-electron chi connectivity index (χ4n) is 4.95. The van der Waals surface area contributed by atoms with Crippen LogP contribution in [-0.4, -0.2) is 66.9 Å². The molecule has 2 aromatic carbocycles. The summed E-state index contributed by atoms with van der Waals surface area (Å²) in [5.41, 5.74) is 1.41. The average molecular weight is 577 g/mol. The van der Waals surface area contributed by atoms with E-state index in [4.69, 9.17) is 4.74 Å². The van der Waals surface area contributed by atoms with Crippen molar-refractivity contribution < 1.29 is 22.7 Å². The molecule has 9 nitrogen and oxygen atoms in total. The number of nitriles is 1. The van der Waals surface area contributed by atoms with Gasteiger partial charge in [0.05, 0.1) is 10.4 Å². The molecule has 1 aromatic heterocycles. The topological polar surface area (TPSA) is 113 Å². The third-order valence-electron chi connectivity index (χ3n) is 6.94. The van der Waals surface area contributed by atoms with E-state index in [-0.39, 0.29) is 28.2 Å². The number of hydrogen-bond acceptors (Lipinski definition) is 7. The van der Waals surface area contributed by atoms with Crippen molar-refractivity contribution in [3.05, 3.63) is 77.1 Å². The lowest BCUT2D eigenvalue weighted by Crippen LogP contribution is -2.41. The minimum absolute atomic E-state index is 0.0448. The molecule has 1 aliphatic heterocycles. The first-order chi connectivity index (χ1) is 19.2. The van der Waals surface area contributed by atoms with Crippen LogP contribution in [0.15, 0.2) is 65.2 Å². The number of benzene rings is 2. The Morgan fingerprint density at radius 3 is 2.24 bits per heavy atom. The van der Waals surface area contributed by atoms with Crippen molar-refractivity contribution in [2.45, 2.75) is 57.0 Å². The van der Waals surface area contributed by atoms with Gasteiger partial charge in [0.2, 0.25) is 5.78 Å². The number of carbonyl (C=O) groups is 2. The predicted octanol–water partition coefficient (Wildman–Crippen LogP) is 5.45. The second-order valence-corrected chi connectivity index (χ2v) is 13.4. The number of carbonyl (C=O) groups excluding carboxylic acids is 2. The number of likely N-dealkylation sites (tertiary alicyclic amines) is 1. The molecule has 0 unspecified atom stereocenters. The van der Waals surface area contributed by atoms with Crippen molar-refractivity contribution in [3.8, 4) is 6.07 Å². The Bertz CT molecular complexity index is 1650. The molecular formula is C31H36N4O5S. The fourth-order valence-corrected chi connectivity index (χ4v) is 6.46. The molecule has 1 fully saturated rings. The summed E-state index contributed by atoms with van der Waals surface area (Å²) < 4.78 is 34.4. The first-order valence-electron chi connectivity index (χ1n) is 13.5. The third kappa shape index (κ3) is 6.46. The standard InChI is InChI=1S/C31H36N4O5S/c1-21-7-10-26(11-8-21)41(38,39)35-27-12-9-23(22-13-15-34(16-14-22)30(37)40-31(2,3)4)17-24(27)18-28(35)29(36)25(19-32)20-33(5)6/h7-12,17-18,20,22H,13-16H2,1-6H3. The second kappa shape index (κ2) is 11.4. The highest BCUT2D eigenvalue weighted by molar-refractivity contribution is 7.90. The number of Topliss-reactive ketones (excluding diaryl/α,β-unsaturated/α-hetero) is 1. The molecule has 0 N–H and O–H groups in total. The predicted molar refractivity (Wildman–Crippen MR) is 157 cm³/mol. The maximum Gasteiger partial charge on any atom is 0.410 e. The maximum atomic E-state index is 13.9. The van der Waals surface area contributed by atoms with Gasteiger partial charge in [0.25, 0.3) is 10.0 Å². The SMILES string of the molecule is Cc1ccc(S(=O)(=O)n2c(C(=O)C(C#N)=CN(C)C)cc3cc(C4CCN(C(=O)OC(C)(C)C)CC4)ccc32)cc1. The number of allylic oxidation sites excluding steroid dienone is 1. The molecule has 2 heterocycles. The molecular weight excluding hydrogens is 540 g/mol. The molecule has 1 aliphatic rings. The molecule has 41 heavy (non-hydrogen) atoms. The Hall–Kier alpha value is -4.10. The van der Waals surface area contributed by atoms with Crippen LogP contribution in [0.2, 0.25) is 0 Å². The van der Waals surface area contributed by atoms with E-state index in [1.165, 1.54) is 18.3 Å². The van der Waals surface area contributed by atoms with Crippen molar-refractivity contribution in [2.24, 2.45) is 0 Å². The molecule has 1 amide bonds. The minimum atomic E-state index is -4.17. The van der Waals surface area contributed by atoms with Gasteiger partial charge in [-0.25, -0.2) is 17.2 Å². The summed E-state index contributed by atoms with van der Waals surface area (Å²) in [5, 5.41) is 10.3. The van der Waals surface area contributed by atoms with E-state index in [1.54, 1.807) is 48.2 Å². The van der Waals surface area contributed by atoms with Gasteiger partial charge in [-0.2, -0.15) is 5.26 Å². The third-order valence-corrected chi connectivity index (χ3v) is 8.69. The van der Waals surface area contributed by atoms with Gasteiger partial charge in [-0.05, 0) is 82.3 Å². The van der Waals surface area contributed by atoms with Gasteiger partial charge in [-0.1, -0.05) is 23.8 Å². The molecule has 0 atom stereocenters. The molecule has 4 rings (SSSR count). The molecule has 0 bridgehead atoms. The number of aryl methyl sites for hydroxylation is 1. The zero-order valence-electron chi connectivity index (χ0n) is 24.3. The Balaban J connectivity index is 1.75. The summed E-state index contributed by atoms with van der Waals surface area (Å²) in [4.78, 5) is 29.4. The Morgan fingerprint density at radius 1 is 1.05 bits per heavy atom. The molecule has 0 aliphatic carbocycles. The highest BCUT2D eigenvalue weighted by Crippen LogP contribution is 2.34. The summed E-state index contributed by atoms with van der Waals surface area (Å²) in [7, 11) is -0.799. The number of rotatable bonds is 6. The number of aromatic nitrogens is 1. The van der Waals surface area contributed by atoms with Crippen molar-refractivity contribution in [1.82, 2.24) is 13.8 Å². The summed E-state index contributed by atoms with van der Waals surface area (Å²) >= 11 is 0. The highest BCUT2D eigenvalue weighted by Gasteiger charge is 2.30. The van der Waals surface area contributed by atoms with Crippen molar-refractivity contribution in [1.29, 1.82) is 5.26 Å². The lowest BCUT2D eigenvalue weighted by molar-refractivity contribution is 0.0204. The van der Waals surface area contributed by atoms with Gasteiger partial charge in [-0.15, -0.1) is 0 Å². The lowest BCUT2D eigenvalue weighted by Gasteiger charge is -2.33. The normalized spacial score (nSPS) is 15.0. The number of hydrogen-bond donors (Lipinski definition) is 0. The first-order valence-corrected chi connectivity index (χ1v) is 14.9. The van der Waals surface area contributed by atoms with Gasteiger partial charge in [0, 0.05) is 38.8 Å². The highest BCUT2D eigenvalue weighted by atomic mass is 32.2. The zero-order valence-corrected chi connectivity index (χ0v) is 25.2. The number of piperidine rings is 1. The Kier molecular flexibility index (Phi) is 8.31. The van der Waals surface area contributed by atoms with E-state index in [2.05, 4.69) is 0 Å². The minimum Gasteiger partial charge on any atom is -0.444 e. The van der Waals surface area contributed by atoms with E-state index < -0.39 is 21.4 Å². The van der Waals surface area contributed by atoms with Crippen molar-refractivity contribution in [3.63, 3.8) is 0 Å². The van der Waals surface area contributed by atoms with Crippen LogP contribution in [0.1, 0.15) is 61.1 Å². The van der Waals surface area contributed by atoms with Crippen molar-refractivity contribution in [2.75, 3.05) is 27.2 Å². The van der Waals surface area contributed by atoms with Gasteiger partial charge < -0.3 is 14.5 Å². The molecule has 3 aromatic rings. The molecule has 216 valence electrons. The fraction of sp³-hybridized carbons (Fsp3) is 0.387. The summed E-state index contributed by atoms with van der Waals surface area (Å²) in [6.07, 6.45) is 2.51. The number of amides is 1. The smallest absolute Gasteiger partial charge is 0.410 e. The van der Waals surface area contributed by atoms with Crippen LogP contribution in [0, 0.1) is 18.3 Å². The molecule has 0 spiro atoms. The molecule has 0 saturated carbocycles. The number of ketones is 1. The Labute approximate surface area is 241 Å². The largest absolute Gasteiger partial charge is 0.444 e. The summed E-state index contributed by atoms with van der Waals surface area (Å²) in [5.74, 6) is -0.530. The van der Waals surface area contributed by atoms with Gasteiger partial charge in [-0.3, -0.25) is 4.79 Å². The second-order valence-electron chi connectivity index (χ2n) is 11.6. The van der Waals surface area contributed by atoms with Crippen LogP contribution < -0.4 is 0 Å². The van der Waals surface area contributed by atoms with Crippen LogP contribution in [0.3, 0.4) is 0 Å². The number of ether oxygens (including phenoxy) is 1. The number of nitrogens with zero attached hydrogens (tertiary/aromatic N) is 4. The Morgan fingerprint density at radius 2 is 1.68 bits per heavy atom. The van der Waals surface area contributed by atoms with Crippen LogP contribution in [0.4, 0.5) is 4.79 Å².